The number of hydrogen-bond acceptors (Lipinski definition) is 2. The van der Waals surface area contributed by atoms with E-state index in [1.54, 1.807) is 0 Å². The van der Waals surface area contributed by atoms with Gasteiger partial charge in [0.05, 0.1) is 6.04 Å². The van der Waals surface area contributed by atoms with Crippen molar-refractivity contribution in [3.05, 3.63) is 47.8 Å². The van der Waals surface area contributed by atoms with Crippen molar-refractivity contribution in [3.63, 3.8) is 0 Å². The zero-order valence-electron chi connectivity index (χ0n) is 9.93. The summed E-state index contributed by atoms with van der Waals surface area (Å²) in [5.41, 5.74) is 0.00407. The van der Waals surface area contributed by atoms with E-state index in [2.05, 4.69) is 11.9 Å². The molecule has 0 unspecified atom stereocenters. The molecule has 1 N–H and O–H groups in total. The fourth-order valence-electron chi connectivity index (χ4n) is 2.22. The molecule has 1 aromatic rings. The molecule has 0 spiro atoms. The number of nitrogens with one attached hydrogen (secondary N) is 1. The van der Waals surface area contributed by atoms with Crippen LogP contribution in [0.25, 0.3) is 0 Å². The first-order chi connectivity index (χ1) is 8.63. The Balaban J connectivity index is 2.34. The summed E-state index contributed by atoms with van der Waals surface area (Å²) in [5.74, 6) is -2.93. The summed E-state index contributed by atoms with van der Waals surface area (Å²) >= 11 is 0. The Morgan fingerprint density at radius 2 is 1.89 bits per heavy atom. The van der Waals surface area contributed by atoms with Crippen LogP contribution in [0, 0.1) is 17.5 Å². The Bertz CT molecular complexity index is 442. The number of benzene rings is 1. The van der Waals surface area contributed by atoms with E-state index < -0.39 is 23.5 Å². The van der Waals surface area contributed by atoms with Gasteiger partial charge in [-0.05, 0) is 6.07 Å². The maximum absolute atomic E-state index is 13.7. The van der Waals surface area contributed by atoms with Crippen LogP contribution in [0.4, 0.5) is 13.2 Å². The lowest BCUT2D eigenvalue weighted by Crippen LogP contribution is -2.44. The minimum absolute atomic E-state index is 0.00407. The van der Waals surface area contributed by atoms with Crippen molar-refractivity contribution in [1.29, 1.82) is 0 Å². The van der Waals surface area contributed by atoms with E-state index in [1.807, 2.05) is 4.90 Å². The first kappa shape index (κ1) is 13.1. The molecule has 2 nitrogen and oxygen atoms in total. The molecule has 1 aliphatic heterocycles. The molecule has 0 bridgehead atoms. The lowest BCUT2D eigenvalue weighted by molar-refractivity contribution is 0.199. The maximum atomic E-state index is 13.7. The maximum Gasteiger partial charge on any atom is 0.164 e. The molecule has 98 valence electrons. The smallest absolute Gasteiger partial charge is 0.164 e. The zero-order chi connectivity index (χ0) is 13.1. The molecule has 1 aromatic carbocycles. The molecule has 1 heterocycles. The SMILES string of the molecule is C=C[C@@H](c1cc(F)cc(F)c1F)N1CCNCC1. The Labute approximate surface area is 104 Å². The molecule has 1 aliphatic rings. The molecule has 1 fully saturated rings. The second kappa shape index (κ2) is 5.54. The van der Waals surface area contributed by atoms with Gasteiger partial charge in [-0.1, -0.05) is 6.08 Å². The van der Waals surface area contributed by atoms with E-state index in [4.69, 9.17) is 0 Å². The number of nitrogens with zero attached hydrogens (tertiary/aromatic N) is 1. The van der Waals surface area contributed by atoms with Crippen molar-refractivity contribution in [2.75, 3.05) is 26.2 Å². The molecule has 1 atom stereocenters. The summed E-state index contributed by atoms with van der Waals surface area (Å²) in [7, 11) is 0. The molecule has 0 aromatic heterocycles. The third-order valence-electron chi connectivity index (χ3n) is 3.11. The van der Waals surface area contributed by atoms with Crippen LogP contribution in [0.3, 0.4) is 0 Å². The molecule has 0 aliphatic carbocycles. The molecule has 0 amide bonds. The van der Waals surface area contributed by atoms with Gasteiger partial charge in [0.15, 0.2) is 11.6 Å². The number of rotatable bonds is 3. The van der Waals surface area contributed by atoms with Crippen LogP contribution in [0.5, 0.6) is 0 Å². The molecule has 1 saturated heterocycles. The summed E-state index contributed by atoms with van der Waals surface area (Å²) in [6.45, 7) is 6.55. The van der Waals surface area contributed by atoms with E-state index in [1.165, 1.54) is 6.08 Å². The van der Waals surface area contributed by atoms with E-state index in [9.17, 15) is 13.2 Å². The quantitative estimate of drug-likeness (QED) is 0.659. The molecular formula is C13H15F3N2. The minimum Gasteiger partial charge on any atom is -0.314 e. The summed E-state index contributed by atoms with van der Waals surface area (Å²) in [4.78, 5) is 1.95. The fraction of sp³-hybridized carbons (Fsp3) is 0.385. The van der Waals surface area contributed by atoms with Crippen molar-refractivity contribution >= 4 is 0 Å². The van der Waals surface area contributed by atoms with Crippen molar-refractivity contribution in [1.82, 2.24) is 10.2 Å². The number of hydrogen-bond donors (Lipinski definition) is 1. The third kappa shape index (κ3) is 2.57. The van der Waals surface area contributed by atoms with Crippen LogP contribution < -0.4 is 5.32 Å². The second-order valence-electron chi connectivity index (χ2n) is 4.26. The monoisotopic (exact) mass is 256 g/mol. The molecular weight excluding hydrogens is 241 g/mol. The van der Waals surface area contributed by atoms with Gasteiger partial charge in [0.25, 0.3) is 0 Å². The van der Waals surface area contributed by atoms with Crippen LogP contribution in [0.15, 0.2) is 24.8 Å². The molecule has 18 heavy (non-hydrogen) atoms. The molecule has 5 heteroatoms. The Kier molecular flexibility index (Phi) is 4.04. The van der Waals surface area contributed by atoms with Gasteiger partial charge in [-0.3, -0.25) is 4.90 Å². The largest absolute Gasteiger partial charge is 0.314 e. The molecule has 2 rings (SSSR count). The number of halogens is 3. The van der Waals surface area contributed by atoms with Crippen LogP contribution in [-0.4, -0.2) is 31.1 Å². The lowest BCUT2D eigenvalue weighted by atomic mass is 10.0. The Morgan fingerprint density at radius 1 is 1.22 bits per heavy atom. The van der Waals surface area contributed by atoms with Crippen molar-refractivity contribution in [2.24, 2.45) is 0 Å². The normalized spacial score (nSPS) is 18.6. The van der Waals surface area contributed by atoms with Crippen molar-refractivity contribution in [2.45, 2.75) is 6.04 Å². The summed E-state index contributed by atoms with van der Waals surface area (Å²) in [6, 6.07) is 1.08. The first-order valence-corrected chi connectivity index (χ1v) is 5.85. The van der Waals surface area contributed by atoms with Gasteiger partial charge in [0, 0.05) is 37.8 Å². The highest BCUT2D eigenvalue weighted by atomic mass is 19.2. The lowest BCUT2D eigenvalue weighted by Gasteiger charge is -2.33. The average Bonchev–Trinajstić information content (AvgIpc) is 2.37. The van der Waals surface area contributed by atoms with Crippen molar-refractivity contribution in [3.8, 4) is 0 Å². The van der Waals surface area contributed by atoms with Gasteiger partial charge in [0.2, 0.25) is 0 Å². The van der Waals surface area contributed by atoms with Gasteiger partial charge in [0.1, 0.15) is 5.82 Å². The van der Waals surface area contributed by atoms with Gasteiger partial charge >= 0.3 is 0 Å². The van der Waals surface area contributed by atoms with Gasteiger partial charge < -0.3 is 5.32 Å². The highest BCUT2D eigenvalue weighted by Crippen LogP contribution is 2.27. The average molecular weight is 256 g/mol. The zero-order valence-corrected chi connectivity index (χ0v) is 9.93. The molecule has 0 saturated carbocycles. The standard InChI is InChI=1S/C13H15F3N2/c1-2-12(18-5-3-17-4-6-18)10-7-9(14)8-11(15)13(10)16/h2,7-8,12,17H,1,3-6H2/t12-/m0/s1. The summed E-state index contributed by atoms with van der Waals surface area (Å²) in [5, 5.41) is 3.16. The minimum atomic E-state index is -1.16. The van der Waals surface area contributed by atoms with Gasteiger partial charge in [-0.25, -0.2) is 13.2 Å². The summed E-state index contributed by atoms with van der Waals surface area (Å²) < 4.78 is 40.2. The Morgan fingerprint density at radius 3 is 2.50 bits per heavy atom. The topological polar surface area (TPSA) is 15.3 Å². The van der Waals surface area contributed by atoms with E-state index >= 15 is 0 Å². The van der Waals surface area contributed by atoms with Crippen LogP contribution in [-0.2, 0) is 0 Å². The first-order valence-electron chi connectivity index (χ1n) is 5.85. The van der Waals surface area contributed by atoms with Gasteiger partial charge in [-0.15, -0.1) is 6.58 Å². The van der Waals surface area contributed by atoms with Crippen molar-refractivity contribution < 1.29 is 13.2 Å². The third-order valence-corrected chi connectivity index (χ3v) is 3.11. The van der Waals surface area contributed by atoms with Crippen LogP contribution in [0.2, 0.25) is 0 Å². The predicted octanol–water partition coefficient (Wildman–Crippen LogP) is 2.24. The van der Waals surface area contributed by atoms with Gasteiger partial charge in [-0.2, -0.15) is 0 Å². The number of piperazine rings is 1. The van der Waals surface area contributed by atoms with Crippen LogP contribution in [0.1, 0.15) is 11.6 Å². The predicted molar refractivity (Wildman–Crippen MR) is 63.7 cm³/mol. The highest BCUT2D eigenvalue weighted by Gasteiger charge is 2.24. The van der Waals surface area contributed by atoms with E-state index in [-0.39, 0.29) is 5.56 Å². The second-order valence-corrected chi connectivity index (χ2v) is 4.26. The highest BCUT2D eigenvalue weighted by molar-refractivity contribution is 5.26. The fourth-order valence-corrected chi connectivity index (χ4v) is 2.22. The van der Waals surface area contributed by atoms with E-state index in [0.29, 0.717) is 19.2 Å². The van der Waals surface area contributed by atoms with E-state index in [0.717, 1.165) is 19.2 Å². The van der Waals surface area contributed by atoms with Crippen LogP contribution >= 0.6 is 0 Å². The summed E-state index contributed by atoms with van der Waals surface area (Å²) in [6.07, 6.45) is 1.52. The Hall–Kier alpha value is -1.33. The molecule has 0 radical (unpaired) electrons.